The summed E-state index contributed by atoms with van der Waals surface area (Å²) in [7, 11) is -13.9. The van der Waals surface area contributed by atoms with E-state index in [-0.39, 0.29) is 79.9 Å². The van der Waals surface area contributed by atoms with Crippen LogP contribution >= 0.6 is 23.0 Å². The van der Waals surface area contributed by atoms with Gasteiger partial charge in [0.1, 0.15) is 34.5 Å². The van der Waals surface area contributed by atoms with Gasteiger partial charge in [0.2, 0.25) is 5.91 Å². The first kappa shape index (κ1) is 61.9. The van der Waals surface area contributed by atoms with E-state index in [1.807, 2.05) is 0 Å². The number of nitrogens with zero attached hydrogens (tertiary/aromatic N) is 3. The number of rotatable bonds is 24. The fraction of sp³-hybridized carbons (Fsp3) is 0.133. The molecule has 2 atom stereocenters. The molecule has 0 aromatic heterocycles. The van der Waals surface area contributed by atoms with E-state index in [4.69, 9.17) is 40.7 Å². The molecular formula is C60H62N9O12P3. The zero-order chi connectivity index (χ0) is 60.9. The highest BCUT2D eigenvalue weighted by molar-refractivity contribution is 7.79. The molecule has 0 radical (unpaired) electrons. The van der Waals surface area contributed by atoms with Crippen LogP contribution in [0.25, 0.3) is 0 Å². The van der Waals surface area contributed by atoms with Gasteiger partial charge < -0.3 is 59.0 Å². The molecule has 21 nitrogen and oxygen atoms in total. The highest BCUT2D eigenvalue weighted by atomic mass is 31.3. The Hall–Kier alpha value is -9.67. The van der Waals surface area contributed by atoms with Crippen LogP contribution in [-0.2, 0) is 28.8 Å². The van der Waals surface area contributed by atoms with Gasteiger partial charge in [-0.1, -0.05) is 66.4 Å². The van der Waals surface area contributed by atoms with Gasteiger partial charge in [-0.15, -0.1) is 0 Å². The van der Waals surface area contributed by atoms with Gasteiger partial charge in [-0.2, -0.15) is 0 Å². The molecule has 1 aliphatic heterocycles. The smallest absolute Gasteiger partial charge is 0.413 e. The van der Waals surface area contributed by atoms with Gasteiger partial charge in [0.15, 0.2) is 0 Å². The van der Waals surface area contributed by atoms with Gasteiger partial charge >= 0.3 is 23.0 Å². The summed E-state index contributed by atoms with van der Waals surface area (Å²) in [6.07, 6.45) is 0. The first-order valence-electron chi connectivity index (χ1n) is 25.6. The lowest BCUT2D eigenvalue weighted by Crippen LogP contribution is -2.17. The minimum absolute atomic E-state index is 0.0388. The van der Waals surface area contributed by atoms with Crippen molar-refractivity contribution in [2.45, 2.75) is 48.5 Å². The maximum Gasteiger partial charge on any atom is 0.460 e. The predicted molar refractivity (Wildman–Crippen MR) is 331 cm³/mol. The SMILES string of the molecule is C=C(C)C(=O)Nc1ccc(OP2(Oc3ccc(NC(=O)C(C)C)cc3)=NP(Oc3ccc(NC(=O)C(=C)C)cc3)(Oc3ccc(NC(=O)C(=C)C)cc3)=NP(Oc3ccc(NC(=O)C(=C)C)cc3)(Oc3cccc(NC(=O)C(=C)C)c3)=N2)cc1. The predicted octanol–water partition coefficient (Wildman–Crippen LogP) is 15.5. The van der Waals surface area contributed by atoms with Gasteiger partial charge in [0.25, 0.3) is 29.5 Å². The quantitative estimate of drug-likeness (QED) is 0.0244. The minimum Gasteiger partial charge on any atom is -0.413 e. The topological polar surface area (TPSA) is 267 Å². The Bertz CT molecular complexity index is 3710. The molecule has 0 fully saturated rings. The van der Waals surface area contributed by atoms with Crippen molar-refractivity contribution < 1.29 is 55.9 Å². The van der Waals surface area contributed by atoms with Crippen LogP contribution in [-0.4, -0.2) is 35.4 Å². The second kappa shape index (κ2) is 26.9. The molecule has 2 unspecified atom stereocenters. The third kappa shape index (κ3) is 17.2. The Morgan fingerprint density at radius 2 is 0.560 bits per heavy atom. The molecule has 1 aliphatic rings. The van der Waals surface area contributed by atoms with Crippen molar-refractivity contribution in [2.75, 3.05) is 31.9 Å². The van der Waals surface area contributed by atoms with Crippen LogP contribution in [0.15, 0.2) is 220 Å². The van der Waals surface area contributed by atoms with Crippen molar-refractivity contribution in [1.29, 1.82) is 0 Å². The molecule has 6 aromatic rings. The molecule has 0 saturated heterocycles. The molecule has 0 bridgehead atoms. The summed E-state index contributed by atoms with van der Waals surface area (Å²) >= 11 is 0. The molecule has 0 spiro atoms. The minimum atomic E-state index is -4.65. The van der Waals surface area contributed by atoms with E-state index in [0.29, 0.717) is 28.4 Å². The van der Waals surface area contributed by atoms with Gasteiger partial charge in [-0.05, 0) is 168 Å². The van der Waals surface area contributed by atoms with Gasteiger partial charge in [-0.3, -0.25) is 28.8 Å². The summed E-state index contributed by atoms with van der Waals surface area (Å²) in [5, 5.41) is 16.8. The van der Waals surface area contributed by atoms with E-state index in [1.165, 1.54) is 54.6 Å². The maximum absolute atomic E-state index is 13.0. The average molecular weight is 1190 g/mol. The van der Waals surface area contributed by atoms with E-state index in [9.17, 15) is 28.8 Å². The first-order chi connectivity index (χ1) is 39.8. The molecule has 6 N–H and O–H groups in total. The number of nitrogens with one attached hydrogen (secondary N) is 6. The molecule has 84 heavy (non-hydrogen) atoms. The largest absolute Gasteiger partial charge is 0.460 e. The zero-order valence-electron chi connectivity index (χ0n) is 47.1. The lowest BCUT2D eigenvalue weighted by molar-refractivity contribution is -0.119. The zero-order valence-corrected chi connectivity index (χ0v) is 49.7. The van der Waals surface area contributed by atoms with Gasteiger partial charge in [-0.25, -0.2) is 0 Å². The molecule has 7 rings (SSSR count). The summed E-state index contributed by atoms with van der Waals surface area (Å²) in [5.41, 5.74) is 3.50. The Kier molecular flexibility index (Phi) is 19.9. The maximum atomic E-state index is 13.0. The second-order valence-corrected chi connectivity index (χ2v) is 25.4. The number of anilines is 6. The standard InChI is InChI=1S/C60H62N9O12P3/c1-37(2)55(70)61-43-16-26-49(27-17-43)76-82(77-50-28-18-44(19-29-50)62-56(71)38(3)4)67-83(78-51-30-20-45(21-31-51)63-57(72)39(5)6,79-52-32-22-46(23-33-52)64-58(73)40(7)8)69-84(68-82,80-53-34-24-47(25-35-53)65-59(74)41(9)10)81-54-15-13-14-48(36-54)66-60(75)42(11)12/h13-36,40H,1,3,5,9,11H2,2,4,6-8,10,12H3,(H,61,70)(H,62,71)(H,63,72)(H,64,73)(H,65,74)(H,66,75). The second-order valence-electron chi connectivity index (χ2n) is 19.3. The highest BCUT2D eigenvalue weighted by Gasteiger charge is 2.49. The summed E-state index contributed by atoms with van der Waals surface area (Å²) in [6, 6.07) is 37.4. The lowest BCUT2D eigenvalue weighted by atomic mass is 10.2. The monoisotopic (exact) mass is 1190 g/mol. The van der Waals surface area contributed by atoms with Crippen molar-refractivity contribution in [3.05, 3.63) is 206 Å². The number of amides is 6. The van der Waals surface area contributed by atoms with Gasteiger partial charge in [0.05, 0.1) is 0 Å². The van der Waals surface area contributed by atoms with Crippen LogP contribution in [0.4, 0.5) is 34.1 Å². The van der Waals surface area contributed by atoms with E-state index in [0.717, 1.165) is 0 Å². The van der Waals surface area contributed by atoms with Crippen LogP contribution in [0.3, 0.4) is 0 Å². The molecular weight excluding hydrogens is 1130 g/mol. The molecule has 1 heterocycles. The Morgan fingerprint density at radius 3 is 0.798 bits per heavy atom. The van der Waals surface area contributed by atoms with Crippen molar-refractivity contribution in [3.63, 3.8) is 0 Å². The third-order valence-electron chi connectivity index (χ3n) is 11.1. The normalized spacial score (nSPS) is 15.5. The van der Waals surface area contributed by atoms with Crippen LogP contribution in [0.5, 0.6) is 34.5 Å². The van der Waals surface area contributed by atoms with E-state index in [2.05, 4.69) is 64.8 Å². The highest BCUT2D eigenvalue weighted by Crippen LogP contribution is 2.78. The third-order valence-corrected chi connectivity index (χ3v) is 19.3. The van der Waals surface area contributed by atoms with Crippen molar-refractivity contribution in [2.24, 2.45) is 19.5 Å². The fourth-order valence-electron chi connectivity index (χ4n) is 6.68. The summed E-state index contributed by atoms with van der Waals surface area (Å²) in [4.78, 5) is 76.9. The van der Waals surface area contributed by atoms with Crippen LogP contribution in [0.2, 0.25) is 0 Å². The number of hydrogen-bond donors (Lipinski definition) is 6. The van der Waals surface area contributed by atoms with Crippen LogP contribution in [0, 0.1) is 5.92 Å². The number of hydrogen-bond acceptors (Lipinski definition) is 15. The number of carbonyl (C=O) groups excluding carboxylic acids is 6. The first-order valence-corrected chi connectivity index (χ1v) is 30.2. The van der Waals surface area contributed by atoms with Gasteiger partial charge in [0, 0.05) is 74.0 Å². The summed E-state index contributed by atoms with van der Waals surface area (Å²) in [6.45, 7) is 30.0. The Labute approximate surface area is 487 Å². The molecule has 24 heteroatoms. The number of benzene rings is 6. The fourth-order valence-corrected chi connectivity index (χ4v) is 15.7. The molecule has 434 valence electrons. The van der Waals surface area contributed by atoms with Crippen molar-refractivity contribution in [3.8, 4) is 34.5 Å². The van der Waals surface area contributed by atoms with E-state index < -0.39 is 52.5 Å². The number of carbonyl (C=O) groups is 6. The van der Waals surface area contributed by atoms with Crippen molar-refractivity contribution in [1.82, 2.24) is 0 Å². The lowest BCUT2D eigenvalue weighted by Gasteiger charge is -2.33. The Morgan fingerprint density at radius 1 is 0.333 bits per heavy atom. The van der Waals surface area contributed by atoms with Crippen LogP contribution < -0.4 is 59.0 Å². The summed E-state index contributed by atoms with van der Waals surface area (Å²) in [5.74, 6) is -2.32. The average Bonchev–Trinajstić information content (AvgIpc) is 1.00. The van der Waals surface area contributed by atoms with Crippen molar-refractivity contribution >= 4 is 92.5 Å². The molecule has 0 aliphatic carbocycles. The van der Waals surface area contributed by atoms with E-state index in [1.54, 1.807) is 139 Å². The molecule has 6 aromatic carbocycles. The van der Waals surface area contributed by atoms with Crippen LogP contribution in [0.1, 0.15) is 48.5 Å². The van der Waals surface area contributed by atoms with E-state index >= 15 is 0 Å². The Balaban J connectivity index is 1.57. The molecule has 0 saturated carbocycles. The molecule has 6 amide bonds. The summed E-state index contributed by atoms with van der Waals surface area (Å²) < 4.78 is 57.8.